The van der Waals surface area contributed by atoms with Crippen LogP contribution in [0.5, 0.6) is 0 Å². The highest BCUT2D eigenvalue weighted by atomic mass is 16.5. The summed E-state index contributed by atoms with van der Waals surface area (Å²) >= 11 is 0. The molecule has 0 saturated carbocycles. The summed E-state index contributed by atoms with van der Waals surface area (Å²) in [4.78, 5) is 24.3. The fourth-order valence-corrected chi connectivity index (χ4v) is 2.71. The summed E-state index contributed by atoms with van der Waals surface area (Å²) in [5.41, 5.74) is 5.91. The molecule has 0 aliphatic heterocycles. The minimum Gasteiger partial charge on any atom is -0.449 e. The molecule has 4 heteroatoms. The molecular formula is C22H25NO3. The van der Waals surface area contributed by atoms with Crippen molar-refractivity contribution in [1.82, 2.24) is 0 Å². The molecule has 4 nitrogen and oxygen atoms in total. The second-order valence-electron chi connectivity index (χ2n) is 6.59. The van der Waals surface area contributed by atoms with Gasteiger partial charge in [0, 0.05) is 11.8 Å². The first-order valence-electron chi connectivity index (χ1n) is 8.60. The largest absolute Gasteiger partial charge is 0.449 e. The predicted molar refractivity (Wildman–Crippen MR) is 105 cm³/mol. The third-order valence-corrected chi connectivity index (χ3v) is 4.08. The van der Waals surface area contributed by atoms with Gasteiger partial charge < -0.3 is 10.1 Å². The van der Waals surface area contributed by atoms with Gasteiger partial charge >= 0.3 is 5.97 Å². The summed E-state index contributed by atoms with van der Waals surface area (Å²) in [7, 11) is 0. The predicted octanol–water partition coefficient (Wildman–Crippen LogP) is 4.50. The van der Waals surface area contributed by atoms with Crippen LogP contribution >= 0.6 is 0 Å². The first kappa shape index (κ1) is 19.4. The Labute approximate surface area is 154 Å². The maximum absolute atomic E-state index is 12.3. The molecule has 0 fully saturated rings. The van der Waals surface area contributed by atoms with E-state index in [0.717, 1.165) is 33.5 Å². The fourth-order valence-electron chi connectivity index (χ4n) is 2.71. The number of carbonyl (C=O) groups is 2. The van der Waals surface area contributed by atoms with Gasteiger partial charge in [-0.1, -0.05) is 47.5 Å². The number of rotatable bonds is 5. The van der Waals surface area contributed by atoms with Gasteiger partial charge in [-0.15, -0.1) is 0 Å². The minimum absolute atomic E-state index is 0.350. The SMILES string of the molecule is Cc1ccc(/C=C/C(=O)OC(C)C(=O)Nc2c(C)cc(C)cc2C)cc1. The molecule has 2 rings (SSSR count). The van der Waals surface area contributed by atoms with Crippen molar-refractivity contribution in [2.45, 2.75) is 40.7 Å². The van der Waals surface area contributed by atoms with Crippen molar-refractivity contribution in [2.75, 3.05) is 5.32 Å². The lowest BCUT2D eigenvalue weighted by atomic mass is 10.0. The van der Waals surface area contributed by atoms with Gasteiger partial charge in [-0.2, -0.15) is 0 Å². The Morgan fingerprint density at radius 1 is 0.962 bits per heavy atom. The van der Waals surface area contributed by atoms with Crippen molar-refractivity contribution in [2.24, 2.45) is 0 Å². The molecule has 1 atom stereocenters. The van der Waals surface area contributed by atoms with Gasteiger partial charge in [0.05, 0.1) is 0 Å². The highest BCUT2D eigenvalue weighted by Gasteiger charge is 2.18. The average Bonchev–Trinajstić information content (AvgIpc) is 2.57. The van der Waals surface area contributed by atoms with Gasteiger partial charge in [-0.05, 0) is 57.4 Å². The zero-order chi connectivity index (χ0) is 19.3. The number of aryl methyl sites for hydroxylation is 4. The van der Waals surface area contributed by atoms with Crippen molar-refractivity contribution in [3.63, 3.8) is 0 Å². The lowest BCUT2D eigenvalue weighted by molar-refractivity contribution is -0.148. The number of hydrogen-bond acceptors (Lipinski definition) is 3. The van der Waals surface area contributed by atoms with Crippen LogP contribution in [0, 0.1) is 27.7 Å². The molecule has 2 aromatic carbocycles. The van der Waals surface area contributed by atoms with Gasteiger partial charge in [-0.3, -0.25) is 4.79 Å². The van der Waals surface area contributed by atoms with Crippen molar-refractivity contribution in [1.29, 1.82) is 0 Å². The van der Waals surface area contributed by atoms with E-state index in [2.05, 4.69) is 5.32 Å². The third-order valence-electron chi connectivity index (χ3n) is 4.08. The topological polar surface area (TPSA) is 55.4 Å². The van der Waals surface area contributed by atoms with E-state index in [0.29, 0.717) is 0 Å². The lowest BCUT2D eigenvalue weighted by Gasteiger charge is -2.16. The molecule has 1 unspecified atom stereocenters. The van der Waals surface area contributed by atoms with Crippen LogP contribution in [0.2, 0.25) is 0 Å². The number of anilines is 1. The molecule has 1 N–H and O–H groups in total. The van der Waals surface area contributed by atoms with Gasteiger partial charge in [0.2, 0.25) is 0 Å². The van der Waals surface area contributed by atoms with E-state index in [1.54, 1.807) is 13.0 Å². The Balaban J connectivity index is 1.96. The van der Waals surface area contributed by atoms with Crippen LogP contribution in [0.4, 0.5) is 5.69 Å². The number of benzene rings is 2. The molecule has 136 valence electrons. The van der Waals surface area contributed by atoms with Crippen LogP contribution < -0.4 is 5.32 Å². The molecule has 0 aromatic heterocycles. The fraction of sp³-hybridized carbons (Fsp3) is 0.273. The number of ether oxygens (including phenoxy) is 1. The summed E-state index contributed by atoms with van der Waals surface area (Å²) in [5.74, 6) is -0.900. The maximum atomic E-state index is 12.3. The molecule has 0 bridgehead atoms. The molecule has 0 aliphatic carbocycles. The molecular weight excluding hydrogens is 326 g/mol. The van der Waals surface area contributed by atoms with Crippen LogP contribution in [-0.2, 0) is 14.3 Å². The van der Waals surface area contributed by atoms with E-state index < -0.39 is 12.1 Å². The average molecular weight is 351 g/mol. The number of amides is 1. The maximum Gasteiger partial charge on any atom is 0.331 e. The van der Waals surface area contributed by atoms with E-state index in [-0.39, 0.29) is 5.91 Å². The number of carbonyl (C=O) groups excluding carboxylic acids is 2. The lowest BCUT2D eigenvalue weighted by Crippen LogP contribution is -2.30. The molecule has 0 heterocycles. The van der Waals surface area contributed by atoms with Crippen LogP contribution in [0.15, 0.2) is 42.5 Å². The van der Waals surface area contributed by atoms with Gasteiger partial charge in [0.15, 0.2) is 6.10 Å². The molecule has 0 aliphatic rings. The second kappa shape index (κ2) is 8.48. The smallest absolute Gasteiger partial charge is 0.331 e. The molecule has 0 saturated heterocycles. The van der Waals surface area contributed by atoms with E-state index in [1.807, 2.05) is 64.1 Å². The van der Waals surface area contributed by atoms with E-state index in [1.165, 1.54) is 6.08 Å². The Kier molecular flexibility index (Phi) is 6.34. The summed E-state index contributed by atoms with van der Waals surface area (Å²) in [6.07, 6.45) is 2.11. The molecule has 2 aromatic rings. The monoisotopic (exact) mass is 351 g/mol. The van der Waals surface area contributed by atoms with Crippen molar-refractivity contribution >= 4 is 23.6 Å². The molecule has 1 amide bonds. The molecule has 0 radical (unpaired) electrons. The Hall–Kier alpha value is -2.88. The van der Waals surface area contributed by atoms with E-state index in [4.69, 9.17) is 4.74 Å². The Bertz CT molecular complexity index is 812. The van der Waals surface area contributed by atoms with Crippen molar-refractivity contribution < 1.29 is 14.3 Å². The van der Waals surface area contributed by atoms with Crippen molar-refractivity contribution in [3.8, 4) is 0 Å². The highest BCUT2D eigenvalue weighted by Crippen LogP contribution is 2.22. The third kappa shape index (κ3) is 5.31. The first-order chi connectivity index (χ1) is 12.3. The normalized spacial score (nSPS) is 12.0. The highest BCUT2D eigenvalue weighted by molar-refractivity contribution is 5.97. The van der Waals surface area contributed by atoms with Crippen LogP contribution in [-0.4, -0.2) is 18.0 Å². The summed E-state index contributed by atoms with van der Waals surface area (Å²) in [6, 6.07) is 11.8. The zero-order valence-corrected chi connectivity index (χ0v) is 15.9. The number of nitrogens with one attached hydrogen (secondary N) is 1. The Morgan fingerprint density at radius 3 is 2.12 bits per heavy atom. The number of hydrogen-bond donors (Lipinski definition) is 1. The number of esters is 1. The molecule has 26 heavy (non-hydrogen) atoms. The second-order valence-corrected chi connectivity index (χ2v) is 6.59. The van der Waals surface area contributed by atoms with Crippen molar-refractivity contribution in [3.05, 3.63) is 70.3 Å². The van der Waals surface area contributed by atoms with Crippen LogP contribution in [0.3, 0.4) is 0 Å². The zero-order valence-electron chi connectivity index (χ0n) is 15.9. The first-order valence-corrected chi connectivity index (χ1v) is 8.60. The van der Waals surface area contributed by atoms with Crippen LogP contribution in [0.1, 0.15) is 34.7 Å². The summed E-state index contributed by atoms with van der Waals surface area (Å²) in [6.45, 7) is 9.45. The van der Waals surface area contributed by atoms with Gasteiger partial charge in [0.1, 0.15) is 0 Å². The van der Waals surface area contributed by atoms with Gasteiger partial charge in [-0.25, -0.2) is 4.79 Å². The van der Waals surface area contributed by atoms with E-state index >= 15 is 0 Å². The quantitative estimate of drug-likeness (QED) is 0.637. The summed E-state index contributed by atoms with van der Waals surface area (Å²) in [5, 5.41) is 2.85. The van der Waals surface area contributed by atoms with Gasteiger partial charge in [0.25, 0.3) is 5.91 Å². The minimum atomic E-state index is -0.884. The van der Waals surface area contributed by atoms with Crippen LogP contribution in [0.25, 0.3) is 6.08 Å². The van der Waals surface area contributed by atoms with E-state index in [9.17, 15) is 9.59 Å². The summed E-state index contributed by atoms with van der Waals surface area (Å²) < 4.78 is 5.20. The standard InChI is InChI=1S/C22H25NO3/c1-14-6-8-19(9-7-14)10-11-20(24)26-18(5)22(25)23-21-16(3)12-15(2)13-17(21)4/h6-13,18H,1-5H3,(H,23,25)/b11-10+. The Morgan fingerprint density at radius 2 is 1.54 bits per heavy atom. The molecule has 0 spiro atoms.